The largest absolute Gasteiger partial charge is 0.0636 e. The predicted octanol–water partition coefficient (Wildman–Crippen LogP) is 35.4. The second kappa shape index (κ2) is 33.6. The lowest BCUT2D eigenvalue weighted by Gasteiger charge is -2.19. The summed E-state index contributed by atoms with van der Waals surface area (Å²) >= 11 is 0. The average Bonchev–Trinajstić information content (AvgIpc) is 0.682. The van der Waals surface area contributed by atoms with E-state index in [-0.39, 0.29) is 0 Å². The highest BCUT2D eigenvalue weighted by Gasteiger charge is 2.23. The molecule has 0 aromatic heterocycles. The van der Waals surface area contributed by atoms with Gasteiger partial charge in [0.2, 0.25) is 0 Å². The Balaban J connectivity index is 0.000000166. The number of benzene rings is 24. The van der Waals surface area contributed by atoms with E-state index in [1.807, 2.05) is 0 Å². The summed E-state index contributed by atoms with van der Waals surface area (Å²) in [6.07, 6.45) is 0. The topological polar surface area (TPSA) is 0 Å². The summed E-state index contributed by atoms with van der Waals surface area (Å²) in [7, 11) is 0. The van der Waals surface area contributed by atoms with E-state index in [0.29, 0.717) is 0 Å². The van der Waals surface area contributed by atoms with Crippen LogP contribution in [0.1, 0.15) is 115 Å². The first-order valence-corrected chi connectivity index (χ1v) is 36.8. The quantitative estimate of drug-likeness (QED) is 0.107. The van der Waals surface area contributed by atoms with Crippen molar-refractivity contribution < 1.29 is 115 Å². The third kappa shape index (κ3) is 14.5. The lowest BCUT2D eigenvalue weighted by Crippen LogP contribution is -1.92. The smallest absolute Gasteiger partial charge is 0.0622 e. The highest BCUT2D eigenvalue weighted by Crippen LogP contribution is 2.51. The lowest BCUT2D eigenvalue weighted by molar-refractivity contribution is 1.61. The Morgan fingerprint density at radius 3 is 0.659 bits per heavy atom. The summed E-state index contributed by atoms with van der Waals surface area (Å²) in [6, 6.07) is -83.8. The standard InChI is InChI=1S/3C42H28/c1-3-13-29(14-4-1)32-19-11-20-34(27-32)42-38-23-10-9-22-37(38)41(31-16-5-2-6-17-31)39-26-25-33(28-40(39)42)36-24-12-18-30-15-7-8-21-35(30)36;1-3-12-29(13-4-1)33-18-11-19-36(27-33)42-38-21-10-9-20-37(38)41(31-15-5-2-6-16-31)40-28-35(24-25-39(40)42)34-23-22-30-14-7-8-17-32(30)26-34;1-3-12-29(13-4-1)33-18-11-19-36(27-33)42-38-21-10-9-20-37(38)41(31-15-5-2-6-16-31)39-25-24-35(28-40(39)42)34-23-22-30-14-7-8-17-32(30)26-34/h3*1-28H/i3*1D,2D,3D,4D,5D,6D,7D,8D,9D,10D,11D,12D,13D,14D,15D,16D,17D,18D,19D,20D,21D,22D,23D,24D,25D,26D,27D,28D. The molecular weight excluding hydrogens is 1510 g/mol. The molecule has 0 radical (unpaired) electrons. The molecule has 0 heterocycles. The Bertz CT molecular complexity index is 13500. The Morgan fingerprint density at radius 1 is 0.0952 bits per heavy atom. The fourth-order valence-electron chi connectivity index (χ4n) is 13.9. The van der Waals surface area contributed by atoms with Gasteiger partial charge in [-0.2, -0.15) is 0 Å². The van der Waals surface area contributed by atoms with Crippen LogP contribution in [0.4, 0.5) is 0 Å². The van der Waals surface area contributed by atoms with E-state index in [1.165, 1.54) is 0 Å². The minimum absolute atomic E-state index is 0.594. The zero-order valence-electron chi connectivity index (χ0n) is 147. The van der Waals surface area contributed by atoms with Crippen molar-refractivity contribution in [2.24, 2.45) is 0 Å². The number of fused-ring (bicyclic) bond motifs is 9. The van der Waals surface area contributed by atoms with E-state index >= 15 is 0 Å². The van der Waals surface area contributed by atoms with Crippen LogP contribution in [0, 0.1) is 0 Å². The lowest BCUT2D eigenvalue weighted by atomic mass is 9.84. The van der Waals surface area contributed by atoms with Gasteiger partial charge in [-0.25, -0.2) is 0 Å². The normalized spacial score (nSPS) is 20.7. The van der Waals surface area contributed by atoms with Gasteiger partial charge < -0.3 is 0 Å². The summed E-state index contributed by atoms with van der Waals surface area (Å²) in [6.45, 7) is 0. The maximum Gasteiger partial charge on any atom is 0.0636 e. The molecule has 0 N–H and O–H groups in total. The van der Waals surface area contributed by atoms with Crippen LogP contribution in [-0.2, 0) is 0 Å². The first kappa shape index (κ1) is 28.1. The molecule has 588 valence electrons. The van der Waals surface area contributed by atoms with E-state index in [9.17, 15) is 31.5 Å². The van der Waals surface area contributed by atoms with Crippen molar-refractivity contribution in [2.45, 2.75) is 0 Å². The van der Waals surface area contributed by atoms with Gasteiger partial charge in [-0.05, 0) is 279 Å². The molecular formula is C126H84. The molecule has 0 fully saturated rings. The molecule has 0 aliphatic rings. The number of hydrogen-bond donors (Lipinski definition) is 0. The van der Waals surface area contributed by atoms with Crippen LogP contribution in [0.15, 0.2) is 508 Å². The highest BCUT2D eigenvalue weighted by atomic mass is 14.3. The molecule has 0 aliphatic carbocycles. The Kier molecular flexibility index (Phi) is 7.48. The van der Waals surface area contributed by atoms with E-state index in [1.54, 1.807) is 0 Å². The SMILES string of the molecule is [2H]c1c([2H])c([2H])c(-c2c([2H])c([2H])c([2H])c(-c3c4c([2H])c([2H])c([2H])c([2H])c4c(-c4c([2H])c([2H])c([2H])c([2H])c4[2H])c4c([2H])c(-c5c([2H])c([2H])c6c([2H])c([2H])c([2H])c([2H])c6c5[2H])c([2H])c([2H])c34)c2[2H])c([2H])c1[2H].[2H]c1c([2H])c([2H])c(-c2c([2H])c([2H])c([2H])c(-c3c4c([2H])c([2H])c([2H])c([2H])c4c(-c4c([2H])c([2H])c([2H])c([2H])c4[2H])c4c([2H])c([2H])c(-c5c([2H])c([2H])c([2H])c6c([2H])c([2H])c([2H])c([2H])c56)c([2H])c34)c2[2H])c([2H])c1[2H].[2H]c1c([2H])c([2H])c(-c2c([2H])c([2H])c([2H])c(-c3c4c([2H])c([2H])c([2H])c([2H])c4c(-c4c([2H])c([2H])c([2H])c([2H])c4[2H])c4c([2H])c([2H])c(-c5c([2H])c([2H])c6c([2H])c([2H])c([2H])c([2H])c6c5[2H])c([2H])c34)c2[2H])c([2H])c1[2H]. The van der Waals surface area contributed by atoms with Gasteiger partial charge in [-0.3, -0.25) is 0 Å². The van der Waals surface area contributed by atoms with Crippen LogP contribution >= 0.6 is 0 Å². The number of hydrogen-bond acceptors (Lipinski definition) is 0. The Morgan fingerprint density at radius 2 is 0.302 bits per heavy atom. The zero-order valence-corrected chi connectivity index (χ0v) is 63.0. The molecule has 0 heteroatoms. The van der Waals surface area contributed by atoms with Crippen LogP contribution in [0.3, 0.4) is 0 Å². The predicted molar refractivity (Wildman–Crippen MR) is 542 cm³/mol. The van der Waals surface area contributed by atoms with Gasteiger partial charge in [-0.1, -0.05) is 459 Å². The van der Waals surface area contributed by atoms with Gasteiger partial charge >= 0.3 is 0 Å². The van der Waals surface area contributed by atoms with Gasteiger partial charge in [0, 0.05) is 0 Å². The molecule has 0 aliphatic heterocycles. The summed E-state index contributed by atoms with van der Waals surface area (Å²) in [4.78, 5) is 0. The van der Waals surface area contributed by atoms with Crippen LogP contribution in [0.5, 0.6) is 0 Å². The van der Waals surface area contributed by atoms with Crippen LogP contribution in [-0.4, -0.2) is 0 Å². The van der Waals surface area contributed by atoms with E-state index < -0.39 is 738 Å². The van der Waals surface area contributed by atoms with Crippen molar-refractivity contribution in [1.82, 2.24) is 0 Å². The van der Waals surface area contributed by atoms with Gasteiger partial charge in [0.25, 0.3) is 0 Å². The minimum atomic E-state index is -1.14. The molecule has 24 aromatic rings. The molecule has 126 heavy (non-hydrogen) atoms. The van der Waals surface area contributed by atoms with Crippen LogP contribution < -0.4 is 0 Å². The fraction of sp³-hybridized carbons (Fsp3) is 0. The first-order chi connectivity index (χ1) is 97.5. The van der Waals surface area contributed by atoms with Gasteiger partial charge in [0.15, 0.2) is 0 Å². The van der Waals surface area contributed by atoms with Crippen molar-refractivity contribution in [3.8, 4) is 134 Å². The summed E-state index contributed by atoms with van der Waals surface area (Å²) in [5.41, 5.74) is -20.7. The zero-order chi connectivity index (χ0) is 157. The van der Waals surface area contributed by atoms with Crippen LogP contribution in [0.2, 0.25) is 0 Å². The molecule has 0 spiro atoms. The maximum absolute atomic E-state index is 10.1. The Hall–Kier alpha value is -16.4. The summed E-state index contributed by atoms with van der Waals surface area (Å²) in [5.74, 6) is 0. The molecule has 0 saturated heterocycles. The third-order valence-corrected chi connectivity index (χ3v) is 19.2. The van der Waals surface area contributed by atoms with Crippen molar-refractivity contribution in [3.63, 3.8) is 0 Å². The van der Waals surface area contributed by atoms with E-state index in [4.69, 9.17) is 83.6 Å². The molecule has 24 aromatic carbocycles. The fourth-order valence-corrected chi connectivity index (χ4v) is 13.9. The molecule has 0 unspecified atom stereocenters. The molecule has 24 rings (SSSR count). The molecule has 0 amide bonds. The van der Waals surface area contributed by atoms with Crippen molar-refractivity contribution >= 4 is 97.0 Å². The monoisotopic (exact) mass is 1680 g/mol. The first-order valence-electron chi connectivity index (χ1n) is 78.8. The van der Waals surface area contributed by atoms with Crippen LogP contribution in [0.25, 0.3) is 230 Å². The van der Waals surface area contributed by atoms with Gasteiger partial charge in [0.1, 0.15) is 0 Å². The molecule has 0 bridgehead atoms. The van der Waals surface area contributed by atoms with Crippen molar-refractivity contribution in [2.75, 3.05) is 0 Å². The highest BCUT2D eigenvalue weighted by molar-refractivity contribution is 6.25. The van der Waals surface area contributed by atoms with E-state index in [2.05, 4.69) is 0 Å². The van der Waals surface area contributed by atoms with Crippen molar-refractivity contribution in [1.29, 1.82) is 0 Å². The summed E-state index contributed by atoms with van der Waals surface area (Å²) in [5, 5.41) is -13.8. The van der Waals surface area contributed by atoms with E-state index in [0.717, 1.165) is 0 Å². The third-order valence-electron chi connectivity index (χ3n) is 19.2. The maximum atomic E-state index is 10.1. The molecule has 0 atom stereocenters. The van der Waals surface area contributed by atoms with Gasteiger partial charge in [-0.15, -0.1) is 0 Å². The van der Waals surface area contributed by atoms with Gasteiger partial charge in [0.05, 0.1) is 115 Å². The Labute approximate surface area is 852 Å². The minimum Gasteiger partial charge on any atom is -0.0622 e. The second-order valence-corrected chi connectivity index (χ2v) is 26.2. The second-order valence-electron chi connectivity index (χ2n) is 26.2. The molecule has 0 nitrogen and oxygen atoms in total. The summed E-state index contributed by atoms with van der Waals surface area (Å²) < 4.78 is 748. The molecule has 0 saturated carbocycles. The number of rotatable bonds is 12. The average molecular weight is 1680 g/mol. The van der Waals surface area contributed by atoms with Crippen molar-refractivity contribution in [3.05, 3.63) is 508 Å².